The number of aryl methyl sites for hydroxylation is 3. The highest BCUT2D eigenvalue weighted by molar-refractivity contribution is 6.02. The molecule has 9 heteroatoms. The Morgan fingerprint density at radius 2 is 1.80 bits per heavy atom. The molecule has 0 saturated heterocycles. The van der Waals surface area contributed by atoms with Crippen molar-refractivity contribution < 1.29 is 14.3 Å². The third-order valence-electron chi connectivity index (χ3n) is 8.58. The van der Waals surface area contributed by atoms with Crippen LogP contribution in [0, 0.1) is 20.8 Å². The van der Waals surface area contributed by atoms with E-state index in [-0.39, 0.29) is 24.1 Å². The van der Waals surface area contributed by atoms with E-state index >= 15 is 0 Å². The third kappa shape index (κ3) is 5.14. The number of benzene rings is 1. The Morgan fingerprint density at radius 3 is 2.40 bits per heavy atom. The van der Waals surface area contributed by atoms with Crippen LogP contribution in [-0.2, 0) is 20.0 Å². The molecule has 40 heavy (non-hydrogen) atoms. The minimum absolute atomic E-state index is 0.0483. The number of methoxy groups -OCH3 is 1. The maximum absolute atomic E-state index is 14.2. The van der Waals surface area contributed by atoms with Crippen molar-refractivity contribution in [1.82, 2.24) is 24.6 Å². The number of aromatic nitrogens is 3. The van der Waals surface area contributed by atoms with Gasteiger partial charge in [0.2, 0.25) is 0 Å². The van der Waals surface area contributed by atoms with Gasteiger partial charge in [-0.15, -0.1) is 0 Å². The molecular formula is C31H41N5O4. The fourth-order valence-electron chi connectivity index (χ4n) is 6.39. The first-order chi connectivity index (χ1) is 19.1. The van der Waals surface area contributed by atoms with Gasteiger partial charge in [0, 0.05) is 53.8 Å². The van der Waals surface area contributed by atoms with Crippen LogP contribution in [0.15, 0.2) is 23.3 Å². The first kappa shape index (κ1) is 28.0. The summed E-state index contributed by atoms with van der Waals surface area (Å²) in [5.74, 6) is 1.20. The van der Waals surface area contributed by atoms with Gasteiger partial charge in [0.1, 0.15) is 0 Å². The predicted octanol–water partition coefficient (Wildman–Crippen LogP) is 4.16. The van der Waals surface area contributed by atoms with E-state index in [0.717, 1.165) is 59.2 Å². The van der Waals surface area contributed by atoms with Gasteiger partial charge < -0.3 is 24.3 Å². The summed E-state index contributed by atoms with van der Waals surface area (Å²) in [7, 11) is 7.81. The molecule has 1 aliphatic heterocycles. The number of nitrogens with zero attached hydrogens (tertiary/aromatic N) is 4. The first-order valence-electron chi connectivity index (χ1n) is 14.1. The second-order valence-corrected chi connectivity index (χ2v) is 11.6. The van der Waals surface area contributed by atoms with Gasteiger partial charge in [-0.3, -0.25) is 14.3 Å². The summed E-state index contributed by atoms with van der Waals surface area (Å²) in [6.07, 6.45) is 8.47. The normalized spacial score (nSPS) is 19.2. The lowest BCUT2D eigenvalue weighted by Crippen LogP contribution is -2.40. The zero-order chi connectivity index (χ0) is 28.7. The zero-order valence-electron chi connectivity index (χ0n) is 24.8. The number of hydrogen-bond acceptors (Lipinski definition) is 6. The van der Waals surface area contributed by atoms with Gasteiger partial charge >= 0.3 is 0 Å². The molecule has 0 atom stereocenters. The molecule has 0 unspecified atom stereocenters. The molecule has 1 N–H and O–H groups in total. The van der Waals surface area contributed by atoms with Gasteiger partial charge in [0.05, 0.1) is 31.5 Å². The van der Waals surface area contributed by atoms with Crippen LogP contribution in [0.3, 0.4) is 0 Å². The highest BCUT2D eigenvalue weighted by Gasteiger charge is 2.35. The molecule has 214 valence electrons. The Morgan fingerprint density at radius 1 is 1.07 bits per heavy atom. The van der Waals surface area contributed by atoms with Crippen molar-refractivity contribution in [3.63, 3.8) is 0 Å². The number of carbonyl (C=O) groups excluding carboxylic acids is 1. The number of carbonyl (C=O) groups is 1. The van der Waals surface area contributed by atoms with Crippen LogP contribution in [0.2, 0.25) is 0 Å². The Hall–Kier alpha value is -3.59. The average molecular weight is 548 g/mol. The number of ether oxygens (including phenoxy) is 2. The van der Waals surface area contributed by atoms with Gasteiger partial charge in [-0.2, -0.15) is 5.10 Å². The van der Waals surface area contributed by atoms with E-state index in [4.69, 9.17) is 9.47 Å². The molecule has 5 rings (SSSR count). The Bertz CT molecular complexity index is 1480. The van der Waals surface area contributed by atoms with Crippen LogP contribution < -0.4 is 15.0 Å². The van der Waals surface area contributed by atoms with Crippen molar-refractivity contribution in [2.45, 2.75) is 71.6 Å². The Labute approximate surface area is 236 Å². The summed E-state index contributed by atoms with van der Waals surface area (Å²) in [4.78, 5) is 33.9. The van der Waals surface area contributed by atoms with Crippen LogP contribution in [0.4, 0.5) is 0 Å². The lowest BCUT2D eigenvalue weighted by molar-refractivity contribution is 0.0722. The summed E-state index contributed by atoms with van der Waals surface area (Å²) in [6, 6.07) is 2.51. The second-order valence-electron chi connectivity index (χ2n) is 11.6. The van der Waals surface area contributed by atoms with Crippen LogP contribution in [0.5, 0.6) is 11.5 Å². The molecule has 0 radical (unpaired) electrons. The lowest BCUT2D eigenvalue weighted by atomic mass is 9.86. The number of hydrogen-bond donors (Lipinski definition) is 1. The molecule has 1 saturated carbocycles. The molecule has 1 aromatic carbocycles. The molecule has 1 aliphatic carbocycles. The summed E-state index contributed by atoms with van der Waals surface area (Å²) >= 11 is 0. The highest BCUT2D eigenvalue weighted by Crippen LogP contribution is 2.48. The molecule has 0 spiro atoms. The number of aromatic amines is 1. The number of H-pyrrole nitrogens is 1. The van der Waals surface area contributed by atoms with Crippen molar-refractivity contribution in [3.8, 4) is 22.6 Å². The standard InChI is InChI=1S/C31H41N5O4/c1-18-14-19(2)33-30(37)25(18)17-36-13-12-24-26(31(36)38)20(3)28(40-23-10-8-22(9-11-23)34(4)5)29(39-7)27(24)21-15-32-35(6)16-21/h14-16,22-23H,8-13,17H2,1-7H3,(H,33,37). The molecule has 2 aromatic heterocycles. The largest absolute Gasteiger partial charge is 0.492 e. The average Bonchev–Trinajstić information content (AvgIpc) is 3.34. The molecule has 0 bridgehead atoms. The monoisotopic (exact) mass is 547 g/mol. The van der Waals surface area contributed by atoms with E-state index in [0.29, 0.717) is 41.6 Å². The van der Waals surface area contributed by atoms with E-state index in [1.807, 2.05) is 46.3 Å². The molecule has 3 aromatic rings. The van der Waals surface area contributed by atoms with Crippen LogP contribution in [-0.4, -0.2) is 70.4 Å². The predicted molar refractivity (Wildman–Crippen MR) is 155 cm³/mol. The van der Waals surface area contributed by atoms with Crippen molar-refractivity contribution in [3.05, 3.63) is 62.3 Å². The number of rotatable bonds is 7. The van der Waals surface area contributed by atoms with E-state index in [9.17, 15) is 9.59 Å². The maximum Gasteiger partial charge on any atom is 0.254 e. The van der Waals surface area contributed by atoms with E-state index in [1.54, 1.807) is 16.7 Å². The highest BCUT2D eigenvalue weighted by atomic mass is 16.5. The first-order valence-corrected chi connectivity index (χ1v) is 14.1. The Balaban J connectivity index is 1.58. The van der Waals surface area contributed by atoms with Crippen LogP contribution >= 0.6 is 0 Å². The van der Waals surface area contributed by atoms with E-state index in [2.05, 4.69) is 29.1 Å². The lowest BCUT2D eigenvalue weighted by Gasteiger charge is -2.35. The summed E-state index contributed by atoms with van der Waals surface area (Å²) in [5.41, 5.74) is 6.32. The smallest absolute Gasteiger partial charge is 0.254 e. The fourth-order valence-corrected chi connectivity index (χ4v) is 6.39. The summed E-state index contributed by atoms with van der Waals surface area (Å²) in [5, 5.41) is 4.41. The number of amides is 1. The molecule has 3 heterocycles. The van der Waals surface area contributed by atoms with Crippen LogP contribution in [0.1, 0.15) is 64.0 Å². The second kappa shape index (κ2) is 11.1. The van der Waals surface area contributed by atoms with Crippen molar-refractivity contribution in [2.75, 3.05) is 27.7 Å². The fraction of sp³-hybridized carbons (Fsp3) is 0.516. The van der Waals surface area contributed by atoms with Gasteiger partial charge in [0.15, 0.2) is 11.5 Å². The quantitative estimate of drug-likeness (QED) is 0.478. The van der Waals surface area contributed by atoms with Crippen LogP contribution in [0.25, 0.3) is 11.1 Å². The molecule has 2 aliphatic rings. The summed E-state index contributed by atoms with van der Waals surface area (Å²) in [6.45, 7) is 6.51. The van der Waals surface area contributed by atoms with Gasteiger partial charge in [-0.25, -0.2) is 0 Å². The number of fused-ring (bicyclic) bond motifs is 1. The molecule has 1 amide bonds. The topological polar surface area (TPSA) is 92.7 Å². The molecular weight excluding hydrogens is 506 g/mol. The van der Waals surface area contributed by atoms with E-state index in [1.165, 1.54) is 0 Å². The van der Waals surface area contributed by atoms with Crippen molar-refractivity contribution in [1.29, 1.82) is 0 Å². The summed E-state index contributed by atoms with van der Waals surface area (Å²) < 4.78 is 14.5. The van der Waals surface area contributed by atoms with E-state index < -0.39 is 0 Å². The van der Waals surface area contributed by atoms with Gasteiger partial charge in [-0.1, -0.05) is 0 Å². The number of pyridine rings is 1. The minimum Gasteiger partial charge on any atom is -0.492 e. The zero-order valence-corrected chi connectivity index (χ0v) is 24.8. The SMILES string of the molecule is COc1c(OC2CCC(N(C)C)CC2)c(C)c2c(c1-c1cnn(C)c1)CCN(Cc1c(C)cc(C)[nH]c1=O)C2=O. The maximum atomic E-state index is 14.2. The van der Waals surface area contributed by atoms with Gasteiger partial charge in [-0.05, 0) is 84.2 Å². The minimum atomic E-state index is -0.143. The molecule has 1 fully saturated rings. The van der Waals surface area contributed by atoms with Crippen molar-refractivity contribution in [2.24, 2.45) is 7.05 Å². The van der Waals surface area contributed by atoms with Gasteiger partial charge in [0.25, 0.3) is 11.5 Å². The molecule has 9 nitrogen and oxygen atoms in total. The third-order valence-corrected chi connectivity index (χ3v) is 8.58. The number of nitrogens with one attached hydrogen (secondary N) is 1. The Kier molecular flexibility index (Phi) is 7.77. The van der Waals surface area contributed by atoms with Crippen molar-refractivity contribution >= 4 is 5.91 Å².